The highest BCUT2D eigenvalue weighted by Crippen LogP contribution is 2.19. The highest BCUT2D eigenvalue weighted by Gasteiger charge is 2.21. The number of amides is 1. The Morgan fingerprint density at radius 1 is 1.03 bits per heavy atom. The van der Waals surface area contributed by atoms with Crippen molar-refractivity contribution in [1.29, 1.82) is 0 Å². The Morgan fingerprint density at radius 2 is 1.79 bits per heavy atom. The molecule has 0 aliphatic carbocycles. The van der Waals surface area contributed by atoms with Crippen molar-refractivity contribution in [2.24, 2.45) is 0 Å². The zero-order valence-corrected chi connectivity index (χ0v) is 16.9. The lowest BCUT2D eigenvalue weighted by Gasteiger charge is -2.32. The van der Waals surface area contributed by atoms with Gasteiger partial charge in [0.05, 0.1) is 6.10 Å². The van der Waals surface area contributed by atoms with Gasteiger partial charge in [-0.2, -0.15) is 0 Å². The molecule has 2 heterocycles. The Balaban J connectivity index is 1.19. The molecule has 5 heteroatoms. The van der Waals surface area contributed by atoms with Crippen LogP contribution in [0.5, 0.6) is 5.75 Å². The molecule has 5 nitrogen and oxygen atoms in total. The van der Waals surface area contributed by atoms with Crippen molar-refractivity contribution in [3.8, 4) is 5.75 Å². The molecule has 1 N–H and O–H groups in total. The van der Waals surface area contributed by atoms with E-state index in [-0.39, 0.29) is 18.1 Å². The first-order valence-corrected chi connectivity index (χ1v) is 10.7. The van der Waals surface area contributed by atoms with Crippen molar-refractivity contribution in [1.82, 2.24) is 10.2 Å². The predicted octanol–water partition coefficient (Wildman–Crippen LogP) is 3.64. The summed E-state index contributed by atoms with van der Waals surface area (Å²) in [5.41, 5.74) is 2.03. The van der Waals surface area contributed by atoms with Crippen LogP contribution in [0.1, 0.15) is 41.6 Å². The number of nitrogens with one attached hydrogen (secondary N) is 1. The molecule has 2 aromatic rings. The van der Waals surface area contributed by atoms with Gasteiger partial charge in [0.15, 0.2) is 0 Å². The van der Waals surface area contributed by atoms with E-state index < -0.39 is 0 Å². The molecule has 4 rings (SSSR count). The van der Waals surface area contributed by atoms with Crippen molar-refractivity contribution in [2.75, 3.05) is 26.3 Å². The third-order valence-corrected chi connectivity index (χ3v) is 5.75. The van der Waals surface area contributed by atoms with Crippen LogP contribution in [-0.2, 0) is 11.3 Å². The van der Waals surface area contributed by atoms with Crippen LogP contribution in [0.2, 0.25) is 0 Å². The molecule has 0 bridgehead atoms. The summed E-state index contributed by atoms with van der Waals surface area (Å²) in [7, 11) is 0. The van der Waals surface area contributed by atoms with Gasteiger partial charge in [0.2, 0.25) is 0 Å². The normalized spacial score (nSPS) is 20.5. The number of carbonyl (C=O) groups excluding carboxylic acids is 1. The van der Waals surface area contributed by atoms with Gasteiger partial charge in [-0.3, -0.25) is 9.69 Å². The summed E-state index contributed by atoms with van der Waals surface area (Å²) in [5.74, 6) is 0.939. The zero-order valence-electron chi connectivity index (χ0n) is 16.9. The van der Waals surface area contributed by atoms with Crippen LogP contribution in [-0.4, -0.2) is 49.3 Å². The second-order valence-corrected chi connectivity index (χ2v) is 7.98. The fraction of sp³-hybridized carbons (Fsp3) is 0.458. The topological polar surface area (TPSA) is 50.8 Å². The molecule has 2 aliphatic heterocycles. The molecule has 2 saturated heterocycles. The van der Waals surface area contributed by atoms with Crippen LogP contribution < -0.4 is 10.1 Å². The Morgan fingerprint density at radius 3 is 2.48 bits per heavy atom. The van der Waals surface area contributed by atoms with E-state index in [0.29, 0.717) is 6.61 Å². The van der Waals surface area contributed by atoms with Gasteiger partial charge < -0.3 is 14.8 Å². The van der Waals surface area contributed by atoms with Gasteiger partial charge in [0.25, 0.3) is 5.91 Å². The van der Waals surface area contributed by atoms with Gasteiger partial charge in [-0.1, -0.05) is 30.3 Å². The average Bonchev–Trinajstić information content (AvgIpc) is 3.29. The molecule has 0 spiro atoms. The van der Waals surface area contributed by atoms with Gasteiger partial charge in [-0.15, -0.1) is 0 Å². The monoisotopic (exact) mass is 394 g/mol. The minimum absolute atomic E-state index is 0.0302. The van der Waals surface area contributed by atoms with E-state index in [1.807, 2.05) is 30.3 Å². The number of piperidine rings is 1. The molecule has 154 valence electrons. The molecule has 0 radical (unpaired) electrons. The minimum Gasteiger partial charge on any atom is -0.491 e. The van der Waals surface area contributed by atoms with Gasteiger partial charge in [0.1, 0.15) is 12.4 Å². The summed E-state index contributed by atoms with van der Waals surface area (Å²) < 4.78 is 11.4. The number of likely N-dealkylation sites (tertiary alicyclic amines) is 1. The predicted molar refractivity (Wildman–Crippen MR) is 113 cm³/mol. The standard InChI is InChI=1S/C24H30N2O3/c27-24(20-5-2-1-3-6-20)25-21-12-14-26(15-13-21)17-19-8-10-22(11-9-19)29-18-23-7-4-16-28-23/h1-3,5-6,8-11,21,23H,4,7,12-18H2,(H,25,27)/t23-/m0/s1. The summed E-state index contributed by atoms with van der Waals surface area (Å²) in [6.07, 6.45) is 4.46. The fourth-order valence-corrected chi connectivity index (χ4v) is 4.01. The Labute approximate surface area is 173 Å². The largest absolute Gasteiger partial charge is 0.491 e. The van der Waals surface area contributed by atoms with E-state index in [0.717, 1.165) is 63.2 Å². The van der Waals surface area contributed by atoms with Crippen LogP contribution in [0.25, 0.3) is 0 Å². The SMILES string of the molecule is O=C(NC1CCN(Cc2ccc(OC[C@@H]3CCCO3)cc2)CC1)c1ccccc1. The number of hydrogen-bond acceptors (Lipinski definition) is 4. The molecule has 2 aliphatic rings. The first-order chi connectivity index (χ1) is 14.3. The summed E-state index contributed by atoms with van der Waals surface area (Å²) in [6.45, 7) is 4.43. The highest BCUT2D eigenvalue weighted by atomic mass is 16.5. The molecule has 0 aromatic heterocycles. The molecule has 1 atom stereocenters. The molecule has 1 amide bonds. The van der Waals surface area contributed by atoms with Gasteiger partial charge in [-0.05, 0) is 55.5 Å². The number of rotatable bonds is 7. The van der Waals surface area contributed by atoms with Crippen LogP contribution in [0.4, 0.5) is 0 Å². The number of carbonyl (C=O) groups is 1. The van der Waals surface area contributed by atoms with Crippen molar-refractivity contribution in [2.45, 2.75) is 44.4 Å². The van der Waals surface area contributed by atoms with Gasteiger partial charge >= 0.3 is 0 Å². The molecule has 2 fully saturated rings. The molecule has 2 aromatic carbocycles. The number of benzene rings is 2. The fourth-order valence-electron chi connectivity index (χ4n) is 4.01. The van der Waals surface area contributed by atoms with Crippen LogP contribution in [0.15, 0.2) is 54.6 Å². The first-order valence-electron chi connectivity index (χ1n) is 10.7. The molecular weight excluding hydrogens is 364 g/mol. The van der Waals surface area contributed by atoms with E-state index in [1.54, 1.807) is 0 Å². The maximum atomic E-state index is 12.3. The zero-order chi connectivity index (χ0) is 19.9. The molecule has 0 unspecified atom stereocenters. The maximum Gasteiger partial charge on any atom is 0.251 e. The van der Waals surface area contributed by atoms with E-state index >= 15 is 0 Å². The van der Waals surface area contributed by atoms with E-state index in [1.165, 1.54) is 5.56 Å². The lowest BCUT2D eigenvalue weighted by Crippen LogP contribution is -2.44. The Hall–Kier alpha value is -2.37. The van der Waals surface area contributed by atoms with Crippen molar-refractivity contribution in [3.63, 3.8) is 0 Å². The molecule has 0 saturated carbocycles. The quantitative estimate of drug-likeness (QED) is 0.779. The lowest BCUT2D eigenvalue weighted by atomic mass is 10.0. The van der Waals surface area contributed by atoms with E-state index in [4.69, 9.17) is 9.47 Å². The smallest absolute Gasteiger partial charge is 0.251 e. The average molecular weight is 395 g/mol. The summed E-state index contributed by atoms with van der Waals surface area (Å²) >= 11 is 0. The summed E-state index contributed by atoms with van der Waals surface area (Å²) in [6, 6.07) is 18.1. The first kappa shape index (κ1) is 19.9. The summed E-state index contributed by atoms with van der Waals surface area (Å²) in [5, 5.41) is 3.17. The van der Waals surface area contributed by atoms with Crippen LogP contribution in [0.3, 0.4) is 0 Å². The van der Waals surface area contributed by atoms with Gasteiger partial charge in [0, 0.05) is 37.8 Å². The van der Waals surface area contributed by atoms with Crippen molar-refractivity contribution < 1.29 is 14.3 Å². The second-order valence-electron chi connectivity index (χ2n) is 7.98. The van der Waals surface area contributed by atoms with Gasteiger partial charge in [-0.25, -0.2) is 0 Å². The Kier molecular flexibility index (Phi) is 6.80. The van der Waals surface area contributed by atoms with Crippen molar-refractivity contribution >= 4 is 5.91 Å². The summed E-state index contributed by atoms with van der Waals surface area (Å²) in [4.78, 5) is 14.8. The maximum absolute atomic E-state index is 12.3. The number of hydrogen-bond donors (Lipinski definition) is 1. The molecular formula is C24H30N2O3. The van der Waals surface area contributed by atoms with Crippen LogP contribution >= 0.6 is 0 Å². The van der Waals surface area contributed by atoms with Crippen molar-refractivity contribution in [3.05, 3.63) is 65.7 Å². The third kappa shape index (κ3) is 5.81. The van der Waals surface area contributed by atoms with E-state index in [9.17, 15) is 4.79 Å². The molecule has 29 heavy (non-hydrogen) atoms. The van der Waals surface area contributed by atoms with Crippen LogP contribution in [0, 0.1) is 0 Å². The van der Waals surface area contributed by atoms with E-state index in [2.05, 4.69) is 34.5 Å². The highest BCUT2D eigenvalue weighted by molar-refractivity contribution is 5.94. The number of nitrogens with zero attached hydrogens (tertiary/aromatic N) is 1. The lowest BCUT2D eigenvalue weighted by molar-refractivity contribution is 0.0679. The Bertz CT molecular complexity index is 764. The third-order valence-electron chi connectivity index (χ3n) is 5.75. The number of ether oxygens (including phenoxy) is 2. The minimum atomic E-state index is 0.0302. The second kappa shape index (κ2) is 9.90.